The van der Waals surface area contributed by atoms with Crippen molar-refractivity contribution in [2.45, 2.75) is 38.3 Å². The van der Waals surface area contributed by atoms with E-state index in [-0.39, 0.29) is 25.5 Å². The third-order valence-electron chi connectivity index (χ3n) is 3.67. The molecule has 0 unspecified atom stereocenters. The van der Waals surface area contributed by atoms with Gasteiger partial charge in [0.05, 0.1) is 6.54 Å². The summed E-state index contributed by atoms with van der Waals surface area (Å²) in [6.07, 6.45) is 0.508. The average molecular weight is 351 g/mol. The first kappa shape index (κ1) is 20.4. The van der Waals surface area contributed by atoms with Crippen LogP contribution in [0.5, 0.6) is 0 Å². The fourth-order valence-corrected chi connectivity index (χ4v) is 2.11. The molecule has 1 aromatic carbocycles. The molecule has 0 saturated heterocycles. The number of ether oxygens (including phenoxy) is 1. The lowest BCUT2D eigenvalue weighted by molar-refractivity contribution is -0.144. The highest BCUT2D eigenvalue weighted by atomic mass is 16.5. The van der Waals surface area contributed by atoms with Gasteiger partial charge in [0.15, 0.2) is 0 Å². The van der Waals surface area contributed by atoms with Crippen molar-refractivity contribution >= 4 is 18.0 Å². The van der Waals surface area contributed by atoms with Crippen LogP contribution in [0.15, 0.2) is 30.3 Å². The molecule has 1 aromatic rings. The third kappa shape index (κ3) is 7.67. The second kappa shape index (κ2) is 10.3. The number of benzene rings is 1. The normalized spacial score (nSPS) is 12.7. The Kier molecular flexibility index (Phi) is 8.42. The van der Waals surface area contributed by atoms with Gasteiger partial charge in [-0.1, -0.05) is 30.3 Å². The van der Waals surface area contributed by atoms with Crippen LogP contribution in [0.2, 0.25) is 0 Å². The zero-order chi connectivity index (χ0) is 18.7. The summed E-state index contributed by atoms with van der Waals surface area (Å²) in [6.45, 7) is 1.82. The first-order valence-corrected chi connectivity index (χ1v) is 8.06. The van der Waals surface area contributed by atoms with E-state index in [0.717, 1.165) is 5.56 Å². The number of hydrogen-bond acceptors (Lipinski definition) is 5. The minimum absolute atomic E-state index is 0.0630. The summed E-state index contributed by atoms with van der Waals surface area (Å²) in [5.41, 5.74) is 4.54. The number of rotatable bonds is 10. The van der Waals surface area contributed by atoms with Crippen LogP contribution in [0.3, 0.4) is 0 Å². The predicted octanol–water partition coefficient (Wildman–Crippen LogP) is 1.00. The molecule has 0 aliphatic carbocycles. The molecular formula is C17H25N3O5. The molecule has 1 atom stereocenters. The number of amides is 2. The Balaban J connectivity index is 2.41. The van der Waals surface area contributed by atoms with Crippen LogP contribution < -0.4 is 16.4 Å². The summed E-state index contributed by atoms with van der Waals surface area (Å²) < 4.78 is 5.06. The zero-order valence-electron chi connectivity index (χ0n) is 14.3. The molecule has 138 valence electrons. The summed E-state index contributed by atoms with van der Waals surface area (Å²) in [4.78, 5) is 34.4. The predicted molar refractivity (Wildman–Crippen MR) is 91.7 cm³/mol. The number of aliphatic carboxylic acids is 1. The molecule has 2 amide bonds. The highest BCUT2D eigenvalue weighted by molar-refractivity contribution is 5.83. The van der Waals surface area contributed by atoms with Crippen LogP contribution in [0.25, 0.3) is 0 Å². The van der Waals surface area contributed by atoms with E-state index in [4.69, 9.17) is 10.5 Å². The summed E-state index contributed by atoms with van der Waals surface area (Å²) >= 11 is 0. The van der Waals surface area contributed by atoms with Gasteiger partial charge in [0, 0.05) is 6.54 Å². The number of carboxylic acid groups (broad SMARTS) is 1. The van der Waals surface area contributed by atoms with E-state index in [1.54, 1.807) is 12.1 Å². The highest BCUT2D eigenvalue weighted by Crippen LogP contribution is 2.15. The largest absolute Gasteiger partial charge is 0.480 e. The first-order valence-electron chi connectivity index (χ1n) is 8.06. The number of carbonyl (C=O) groups excluding carboxylic acids is 2. The van der Waals surface area contributed by atoms with Gasteiger partial charge in [-0.05, 0) is 31.7 Å². The highest BCUT2D eigenvalue weighted by Gasteiger charge is 2.34. The van der Waals surface area contributed by atoms with E-state index >= 15 is 0 Å². The molecule has 0 aliphatic heterocycles. The summed E-state index contributed by atoms with van der Waals surface area (Å²) in [6, 6.07) is 9.10. The van der Waals surface area contributed by atoms with Gasteiger partial charge in [0.25, 0.3) is 0 Å². The van der Waals surface area contributed by atoms with Gasteiger partial charge >= 0.3 is 12.1 Å². The second-order valence-corrected chi connectivity index (χ2v) is 5.84. The molecule has 0 fully saturated rings. The van der Waals surface area contributed by atoms with Gasteiger partial charge in [0.1, 0.15) is 12.1 Å². The lowest BCUT2D eigenvalue weighted by atomic mass is 9.95. The summed E-state index contributed by atoms with van der Waals surface area (Å²) in [5, 5.41) is 14.4. The second-order valence-electron chi connectivity index (χ2n) is 5.84. The quantitative estimate of drug-likeness (QED) is 0.465. The number of unbranched alkanes of at least 4 members (excludes halogenated alkanes) is 1. The van der Waals surface area contributed by atoms with Crippen LogP contribution in [-0.4, -0.2) is 41.7 Å². The van der Waals surface area contributed by atoms with Gasteiger partial charge in [-0.15, -0.1) is 0 Å². The van der Waals surface area contributed by atoms with Gasteiger partial charge in [-0.3, -0.25) is 4.79 Å². The van der Waals surface area contributed by atoms with Crippen LogP contribution in [-0.2, 0) is 20.9 Å². The maximum atomic E-state index is 11.9. The van der Waals surface area contributed by atoms with Crippen molar-refractivity contribution in [3.05, 3.63) is 35.9 Å². The molecule has 8 heteroatoms. The average Bonchev–Trinajstić information content (AvgIpc) is 2.60. The van der Waals surface area contributed by atoms with E-state index in [1.165, 1.54) is 6.92 Å². The van der Waals surface area contributed by atoms with Crippen molar-refractivity contribution < 1.29 is 24.2 Å². The lowest BCUT2D eigenvalue weighted by Crippen LogP contribution is -2.52. The molecule has 1 rings (SSSR count). The van der Waals surface area contributed by atoms with Crippen molar-refractivity contribution in [2.75, 3.05) is 13.1 Å². The summed E-state index contributed by atoms with van der Waals surface area (Å²) in [5.74, 6) is -1.40. The Morgan fingerprint density at radius 2 is 1.88 bits per heavy atom. The van der Waals surface area contributed by atoms with Gasteiger partial charge in [-0.25, -0.2) is 9.59 Å². The molecule has 0 radical (unpaired) electrons. The van der Waals surface area contributed by atoms with Crippen molar-refractivity contribution in [2.24, 2.45) is 5.73 Å². The number of alkyl carbamates (subject to hydrolysis) is 1. The molecule has 5 N–H and O–H groups in total. The molecule has 8 nitrogen and oxygen atoms in total. The van der Waals surface area contributed by atoms with Crippen molar-refractivity contribution in [1.82, 2.24) is 10.6 Å². The monoisotopic (exact) mass is 351 g/mol. The van der Waals surface area contributed by atoms with Crippen LogP contribution in [0.4, 0.5) is 4.79 Å². The molecule has 0 saturated carbocycles. The molecule has 0 aromatic heterocycles. The molecule has 25 heavy (non-hydrogen) atoms. The molecule has 0 aliphatic rings. The van der Waals surface area contributed by atoms with Gasteiger partial charge in [0.2, 0.25) is 5.91 Å². The van der Waals surface area contributed by atoms with Crippen molar-refractivity contribution in [3.63, 3.8) is 0 Å². The molecular weight excluding hydrogens is 326 g/mol. The van der Waals surface area contributed by atoms with Gasteiger partial charge < -0.3 is 26.2 Å². The Hall–Kier alpha value is -2.61. The SMILES string of the molecule is C[C@@](CCCCNC(=O)CN)(NC(=O)OCc1ccccc1)C(=O)O. The maximum absolute atomic E-state index is 11.9. The standard InChI is InChI=1S/C17H25N3O5/c1-17(15(22)23,9-5-6-10-19-14(21)11-18)20-16(24)25-12-13-7-3-2-4-8-13/h2-4,7-8H,5-6,9-12,18H2,1H3,(H,19,21)(H,20,24)(H,22,23)/t17-/m0/s1. The van der Waals surface area contributed by atoms with Gasteiger partial charge in [-0.2, -0.15) is 0 Å². The summed E-state index contributed by atoms with van der Waals surface area (Å²) in [7, 11) is 0. The first-order chi connectivity index (χ1) is 11.9. The molecule has 0 spiro atoms. The van der Waals surface area contributed by atoms with Crippen molar-refractivity contribution in [3.8, 4) is 0 Å². The Morgan fingerprint density at radius 1 is 1.20 bits per heavy atom. The Labute approximate surface area is 146 Å². The number of nitrogens with one attached hydrogen (secondary N) is 2. The zero-order valence-corrected chi connectivity index (χ0v) is 14.3. The topological polar surface area (TPSA) is 131 Å². The maximum Gasteiger partial charge on any atom is 0.408 e. The third-order valence-corrected chi connectivity index (χ3v) is 3.67. The van der Waals surface area contributed by atoms with E-state index in [9.17, 15) is 19.5 Å². The van der Waals surface area contributed by atoms with E-state index < -0.39 is 17.6 Å². The fourth-order valence-electron chi connectivity index (χ4n) is 2.11. The number of hydrogen-bond donors (Lipinski definition) is 4. The molecule has 0 heterocycles. The van der Waals surface area contributed by atoms with E-state index in [1.807, 2.05) is 18.2 Å². The Bertz CT molecular complexity index is 579. The number of carboxylic acids is 1. The fraction of sp³-hybridized carbons (Fsp3) is 0.471. The smallest absolute Gasteiger partial charge is 0.408 e. The van der Waals surface area contributed by atoms with E-state index in [2.05, 4.69) is 10.6 Å². The van der Waals surface area contributed by atoms with Crippen molar-refractivity contribution in [1.29, 1.82) is 0 Å². The number of nitrogens with two attached hydrogens (primary N) is 1. The minimum atomic E-state index is -1.44. The number of carbonyl (C=O) groups is 3. The Morgan fingerprint density at radius 3 is 2.48 bits per heavy atom. The van der Waals surface area contributed by atoms with Crippen LogP contribution in [0.1, 0.15) is 31.7 Å². The van der Waals surface area contributed by atoms with Crippen LogP contribution >= 0.6 is 0 Å². The van der Waals surface area contributed by atoms with Crippen LogP contribution in [0, 0.1) is 0 Å². The minimum Gasteiger partial charge on any atom is -0.480 e. The van der Waals surface area contributed by atoms with E-state index in [0.29, 0.717) is 19.4 Å². The molecule has 0 bridgehead atoms. The lowest BCUT2D eigenvalue weighted by Gasteiger charge is -2.25.